The minimum Gasteiger partial charge on any atom is -0.384 e. The third-order valence-corrected chi connectivity index (χ3v) is 2.30. The Morgan fingerprint density at radius 2 is 1.44 bits per heavy atom. The molecule has 0 fully saturated rings. The van der Waals surface area contributed by atoms with E-state index in [-0.39, 0.29) is 18.2 Å². The van der Waals surface area contributed by atoms with Crippen molar-refractivity contribution in [2.45, 2.75) is 0 Å². The molecular weight excluding hydrogens is 220 g/mol. The summed E-state index contributed by atoms with van der Waals surface area (Å²) >= 11 is 0. The van der Waals surface area contributed by atoms with Gasteiger partial charge in [0, 0.05) is 5.56 Å². The Morgan fingerprint density at radius 3 is 2.06 bits per heavy atom. The van der Waals surface area contributed by atoms with Crippen LogP contribution in [0.3, 0.4) is 0 Å². The average Bonchev–Trinajstić information content (AvgIpc) is 2.30. The Hall–Kier alpha value is -1.80. The topological polar surface area (TPSA) is 49.9 Å². The molecule has 0 amide bonds. The minimum absolute atomic E-state index is 0. The molecule has 0 bridgehead atoms. The fraction of sp³-hybridized carbons (Fsp3) is 0. The van der Waals surface area contributed by atoms with Crippen molar-refractivity contribution >= 4 is 18.2 Å². The van der Waals surface area contributed by atoms with E-state index in [1.54, 1.807) is 0 Å². The van der Waals surface area contributed by atoms with Crippen LogP contribution in [0.15, 0.2) is 54.6 Å². The maximum Gasteiger partial charge on any atom is 0.123 e. The van der Waals surface area contributed by atoms with E-state index in [0.29, 0.717) is 0 Å². The quantitative estimate of drug-likeness (QED) is 0.607. The molecule has 2 nitrogen and oxygen atoms in total. The molecule has 0 spiro atoms. The van der Waals surface area contributed by atoms with Crippen LogP contribution in [0.2, 0.25) is 0 Å². The van der Waals surface area contributed by atoms with Crippen molar-refractivity contribution in [3.63, 3.8) is 0 Å². The summed E-state index contributed by atoms with van der Waals surface area (Å²) in [6, 6.07) is 17.6. The lowest BCUT2D eigenvalue weighted by atomic mass is 9.99. The molecule has 0 radical (unpaired) electrons. The van der Waals surface area contributed by atoms with E-state index in [1.807, 2.05) is 54.6 Å². The number of nitrogens with two attached hydrogens (primary N) is 1. The fourth-order valence-electron chi connectivity index (χ4n) is 1.59. The van der Waals surface area contributed by atoms with Crippen LogP contribution in [0, 0.1) is 5.41 Å². The molecule has 2 aromatic rings. The van der Waals surface area contributed by atoms with E-state index in [9.17, 15) is 0 Å². The summed E-state index contributed by atoms with van der Waals surface area (Å²) in [5.41, 5.74) is 8.41. The van der Waals surface area contributed by atoms with Crippen molar-refractivity contribution in [3.8, 4) is 11.1 Å². The number of hydrogen-bond donors (Lipinski definition) is 2. The molecule has 0 saturated heterocycles. The van der Waals surface area contributed by atoms with Gasteiger partial charge in [-0.3, -0.25) is 5.41 Å². The third kappa shape index (κ3) is 2.41. The van der Waals surface area contributed by atoms with Crippen LogP contribution in [0.5, 0.6) is 0 Å². The molecule has 0 aliphatic rings. The van der Waals surface area contributed by atoms with Crippen molar-refractivity contribution in [1.29, 1.82) is 5.41 Å². The van der Waals surface area contributed by atoms with Gasteiger partial charge in [-0.2, -0.15) is 0 Å². The van der Waals surface area contributed by atoms with Crippen LogP contribution in [0.25, 0.3) is 11.1 Å². The Bertz CT molecular complexity index is 480. The number of halogens is 1. The van der Waals surface area contributed by atoms with E-state index >= 15 is 0 Å². The van der Waals surface area contributed by atoms with Crippen LogP contribution in [0.1, 0.15) is 5.56 Å². The van der Waals surface area contributed by atoms with Gasteiger partial charge in [-0.05, 0) is 11.1 Å². The first-order valence-corrected chi connectivity index (χ1v) is 4.78. The van der Waals surface area contributed by atoms with Gasteiger partial charge in [0.05, 0.1) is 0 Å². The lowest BCUT2D eigenvalue weighted by Gasteiger charge is -2.07. The first-order chi connectivity index (χ1) is 7.29. The summed E-state index contributed by atoms with van der Waals surface area (Å²) in [5, 5.41) is 7.50. The minimum atomic E-state index is 0. The number of nitrogens with one attached hydrogen (secondary N) is 1. The van der Waals surface area contributed by atoms with Gasteiger partial charge in [-0.1, -0.05) is 54.6 Å². The van der Waals surface area contributed by atoms with Gasteiger partial charge in [0.15, 0.2) is 0 Å². The standard InChI is InChI=1S/C13H12N2.ClH/c14-13(15)12-9-5-4-8-11(12)10-6-2-1-3-7-10;/h1-9H,(H3,14,15);1H. The zero-order valence-corrected chi connectivity index (χ0v) is 9.50. The summed E-state index contributed by atoms with van der Waals surface area (Å²) in [6.45, 7) is 0. The maximum atomic E-state index is 7.50. The molecule has 3 heteroatoms. The second-order valence-corrected chi connectivity index (χ2v) is 3.33. The summed E-state index contributed by atoms with van der Waals surface area (Å²) in [6.07, 6.45) is 0. The molecule has 0 aromatic heterocycles. The molecule has 3 N–H and O–H groups in total. The number of rotatable bonds is 2. The summed E-state index contributed by atoms with van der Waals surface area (Å²) in [5.74, 6) is 0.106. The summed E-state index contributed by atoms with van der Waals surface area (Å²) < 4.78 is 0. The Kier molecular flexibility index (Phi) is 4.09. The Morgan fingerprint density at radius 1 is 0.875 bits per heavy atom. The maximum absolute atomic E-state index is 7.50. The van der Waals surface area contributed by atoms with E-state index in [4.69, 9.17) is 11.1 Å². The molecule has 2 aromatic carbocycles. The largest absolute Gasteiger partial charge is 0.384 e. The van der Waals surface area contributed by atoms with Gasteiger partial charge in [-0.25, -0.2) is 0 Å². The summed E-state index contributed by atoms with van der Waals surface area (Å²) in [4.78, 5) is 0. The van der Waals surface area contributed by atoms with E-state index in [2.05, 4.69) is 0 Å². The molecule has 82 valence electrons. The second kappa shape index (κ2) is 5.33. The average molecular weight is 233 g/mol. The number of nitrogen functional groups attached to an aromatic ring is 1. The molecule has 0 heterocycles. The highest BCUT2D eigenvalue weighted by Gasteiger charge is 2.05. The van der Waals surface area contributed by atoms with Crippen molar-refractivity contribution in [2.24, 2.45) is 5.73 Å². The number of hydrogen-bond acceptors (Lipinski definition) is 1. The van der Waals surface area contributed by atoms with Crippen LogP contribution < -0.4 is 5.73 Å². The van der Waals surface area contributed by atoms with E-state index in [0.717, 1.165) is 16.7 Å². The molecular formula is C13H13ClN2. The van der Waals surface area contributed by atoms with Gasteiger partial charge < -0.3 is 5.73 Å². The Balaban J connectivity index is 0.00000128. The predicted molar refractivity (Wildman–Crippen MR) is 70.1 cm³/mol. The lowest BCUT2D eigenvalue weighted by Crippen LogP contribution is -2.12. The van der Waals surface area contributed by atoms with Crippen molar-refractivity contribution in [1.82, 2.24) is 0 Å². The fourth-order valence-corrected chi connectivity index (χ4v) is 1.59. The van der Waals surface area contributed by atoms with Crippen LogP contribution >= 0.6 is 12.4 Å². The second-order valence-electron chi connectivity index (χ2n) is 3.33. The highest BCUT2D eigenvalue weighted by molar-refractivity contribution is 6.01. The van der Waals surface area contributed by atoms with Gasteiger partial charge in [0.1, 0.15) is 5.84 Å². The number of amidine groups is 1. The molecule has 0 atom stereocenters. The zero-order chi connectivity index (χ0) is 10.7. The van der Waals surface area contributed by atoms with Crippen molar-refractivity contribution in [3.05, 3.63) is 60.2 Å². The first kappa shape index (κ1) is 12.3. The molecule has 0 unspecified atom stereocenters. The van der Waals surface area contributed by atoms with Crippen molar-refractivity contribution < 1.29 is 0 Å². The molecule has 0 aliphatic carbocycles. The first-order valence-electron chi connectivity index (χ1n) is 4.78. The SMILES string of the molecule is Cl.N=C(N)c1ccccc1-c1ccccc1. The zero-order valence-electron chi connectivity index (χ0n) is 8.68. The third-order valence-electron chi connectivity index (χ3n) is 2.30. The number of benzene rings is 2. The van der Waals surface area contributed by atoms with E-state index < -0.39 is 0 Å². The van der Waals surface area contributed by atoms with Gasteiger partial charge in [0.2, 0.25) is 0 Å². The molecule has 16 heavy (non-hydrogen) atoms. The lowest BCUT2D eigenvalue weighted by molar-refractivity contribution is 1.42. The van der Waals surface area contributed by atoms with Crippen molar-refractivity contribution in [2.75, 3.05) is 0 Å². The van der Waals surface area contributed by atoms with Gasteiger partial charge >= 0.3 is 0 Å². The molecule has 2 rings (SSSR count). The molecule has 0 aliphatic heterocycles. The Labute approximate surface area is 101 Å². The van der Waals surface area contributed by atoms with E-state index in [1.165, 1.54) is 0 Å². The van der Waals surface area contributed by atoms with Gasteiger partial charge in [-0.15, -0.1) is 12.4 Å². The van der Waals surface area contributed by atoms with Crippen LogP contribution in [-0.4, -0.2) is 5.84 Å². The highest BCUT2D eigenvalue weighted by Crippen LogP contribution is 2.22. The summed E-state index contributed by atoms with van der Waals surface area (Å²) in [7, 11) is 0. The normalized spacial score (nSPS) is 9.25. The highest BCUT2D eigenvalue weighted by atomic mass is 35.5. The smallest absolute Gasteiger partial charge is 0.123 e. The van der Waals surface area contributed by atoms with Gasteiger partial charge in [0.25, 0.3) is 0 Å². The monoisotopic (exact) mass is 232 g/mol. The van der Waals surface area contributed by atoms with Crippen LogP contribution in [0.4, 0.5) is 0 Å². The predicted octanol–water partition coefficient (Wildman–Crippen LogP) is 3.06. The van der Waals surface area contributed by atoms with Crippen LogP contribution in [-0.2, 0) is 0 Å². The molecule has 0 saturated carbocycles.